The Morgan fingerprint density at radius 2 is 2.31 bits per heavy atom. The van der Waals surface area contributed by atoms with Crippen LogP contribution in [0.5, 0.6) is 0 Å². The summed E-state index contributed by atoms with van der Waals surface area (Å²) in [5, 5.41) is 0. The Kier molecular flexibility index (Phi) is 5.25. The van der Waals surface area contributed by atoms with Crippen molar-refractivity contribution in [2.24, 2.45) is 11.3 Å². The lowest BCUT2D eigenvalue weighted by Crippen LogP contribution is -2.36. The van der Waals surface area contributed by atoms with Gasteiger partial charge < -0.3 is 9.47 Å². The quantitative estimate of drug-likeness (QED) is 0.536. The first-order valence-electron chi connectivity index (χ1n) is 5.15. The van der Waals surface area contributed by atoms with E-state index in [4.69, 9.17) is 9.47 Å². The topological polar surface area (TPSA) is 35.5 Å². The van der Waals surface area contributed by atoms with Crippen LogP contribution in [0.1, 0.15) is 20.3 Å². The number of methoxy groups -OCH3 is 1. The smallest absolute Gasteiger partial charge is 0.318 e. The SMILES string of the molecule is COC(=O)C1(CC(C)C)COC/C1=C(/Br)I. The summed E-state index contributed by atoms with van der Waals surface area (Å²) in [5.41, 5.74) is 0.414. The van der Waals surface area contributed by atoms with Crippen LogP contribution in [0.4, 0.5) is 0 Å². The van der Waals surface area contributed by atoms with Crippen molar-refractivity contribution < 1.29 is 14.3 Å². The van der Waals surface area contributed by atoms with Gasteiger partial charge in [-0.1, -0.05) is 13.8 Å². The molecular weight excluding hydrogens is 387 g/mol. The lowest BCUT2D eigenvalue weighted by atomic mass is 9.77. The summed E-state index contributed by atoms with van der Waals surface area (Å²) in [5.74, 6) is 0.223. The molecule has 1 atom stereocenters. The summed E-state index contributed by atoms with van der Waals surface area (Å²) in [4.78, 5) is 12.0. The van der Waals surface area contributed by atoms with Crippen molar-refractivity contribution in [3.63, 3.8) is 0 Å². The molecule has 0 aromatic heterocycles. The predicted molar refractivity (Wildman–Crippen MR) is 74.7 cm³/mol. The van der Waals surface area contributed by atoms with Crippen LogP contribution in [0.15, 0.2) is 8.06 Å². The third-order valence-corrected chi connectivity index (χ3v) is 3.86. The molecule has 1 rings (SSSR count). The van der Waals surface area contributed by atoms with Gasteiger partial charge in [0, 0.05) is 0 Å². The number of ether oxygens (including phenoxy) is 2. The van der Waals surface area contributed by atoms with Gasteiger partial charge in [0.25, 0.3) is 0 Å². The minimum Gasteiger partial charge on any atom is -0.468 e. The van der Waals surface area contributed by atoms with Crippen LogP contribution in [-0.4, -0.2) is 26.3 Å². The molecule has 0 amide bonds. The Bertz CT molecular complexity index is 310. The molecule has 0 bridgehead atoms. The van der Waals surface area contributed by atoms with Gasteiger partial charge in [0.05, 0.1) is 22.8 Å². The first-order chi connectivity index (χ1) is 7.44. The average molecular weight is 403 g/mol. The standard InChI is InChI=1S/C11H16BrIO3/c1-7(2)4-11(10(14)15-3)6-16-5-8(11)9(12)13/h7H,4-6H2,1-3H3/b9-8+. The van der Waals surface area contributed by atoms with E-state index in [0.717, 1.165) is 14.5 Å². The fourth-order valence-electron chi connectivity index (χ4n) is 2.13. The molecule has 0 saturated carbocycles. The number of carbonyl (C=O) groups is 1. The van der Waals surface area contributed by atoms with Crippen molar-refractivity contribution >= 4 is 44.5 Å². The summed E-state index contributed by atoms with van der Waals surface area (Å²) in [6, 6.07) is 0. The molecule has 16 heavy (non-hydrogen) atoms. The molecule has 1 saturated heterocycles. The molecule has 0 radical (unpaired) electrons. The second kappa shape index (κ2) is 5.82. The van der Waals surface area contributed by atoms with Crippen molar-refractivity contribution in [3.05, 3.63) is 8.06 Å². The van der Waals surface area contributed by atoms with Crippen LogP contribution in [-0.2, 0) is 14.3 Å². The highest BCUT2D eigenvalue weighted by Gasteiger charge is 2.48. The molecule has 5 heteroatoms. The van der Waals surface area contributed by atoms with Crippen LogP contribution in [0.2, 0.25) is 0 Å². The van der Waals surface area contributed by atoms with E-state index < -0.39 is 5.41 Å². The molecular formula is C11H16BrIO3. The van der Waals surface area contributed by atoms with Crippen LogP contribution in [0.3, 0.4) is 0 Å². The van der Waals surface area contributed by atoms with E-state index in [-0.39, 0.29) is 5.97 Å². The van der Waals surface area contributed by atoms with E-state index in [2.05, 4.69) is 52.4 Å². The molecule has 1 aliphatic heterocycles. The molecule has 0 aliphatic carbocycles. The fourth-order valence-corrected chi connectivity index (χ4v) is 3.29. The third-order valence-electron chi connectivity index (χ3n) is 2.73. The zero-order chi connectivity index (χ0) is 12.3. The van der Waals surface area contributed by atoms with Gasteiger partial charge in [0.15, 0.2) is 0 Å². The minimum atomic E-state index is -0.594. The van der Waals surface area contributed by atoms with Gasteiger partial charge in [-0.05, 0) is 56.4 Å². The molecule has 0 spiro atoms. The average Bonchev–Trinajstić information content (AvgIpc) is 2.60. The van der Waals surface area contributed by atoms with Gasteiger partial charge in [0.2, 0.25) is 0 Å². The number of esters is 1. The highest BCUT2D eigenvalue weighted by molar-refractivity contribution is 14.1. The van der Waals surface area contributed by atoms with Gasteiger partial charge in [-0.3, -0.25) is 4.79 Å². The monoisotopic (exact) mass is 402 g/mol. The van der Waals surface area contributed by atoms with Crippen molar-refractivity contribution in [1.82, 2.24) is 0 Å². The number of halogens is 2. The van der Waals surface area contributed by atoms with Gasteiger partial charge in [0.1, 0.15) is 5.41 Å². The molecule has 1 fully saturated rings. The fraction of sp³-hybridized carbons (Fsp3) is 0.727. The number of carbonyl (C=O) groups excluding carboxylic acids is 1. The highest BCUT2D eigenvalue weighted by Crippen LogP contribution is 2.45. The Morgan fingerprint density at radius 3 is 2.75 bits per heavy atom. The minimum absolute atomic E-state index is 0.192. The molecule has 0 N–H and O–H groups in total. The van der Waals surface area contributed by atoms with Crippen molar-refractivity contribution in [2.45, 2.75) is 20.3 Å². The summed E-state index contributed by atoms with van der Waals surface area (Å²) < 4.78 is 11.4. The zero-order valence-electron chi connectivity index (χ0n) is 9.68. The Hall–Kier alpha value is 0.380. The largest absolute Gasteiger partial charge is 0.468 e. The van der Waals surface area contributed by atoms with E-state index in [1.165, 1.54) is 7.11 Å². The van der Waals surface area contributed by atoms with E-state index in [0.29, 0.717) is 19.1 Å². The van der Waals surface area contributed by atoms with Crippen molar-refractivity contribution in [3.8, 4) is 0 Å². The maximum absolute atomic E-state index is 12.0. The predicted octanol–water partition coefficient (Wildman–Crippen LogP) is 3.26. The Morgan fingerprint density at radius 1 is 1.69 bits per heavy atom. The van der Waals surface area contributed by atoms with Crippen LogP contribution < -0.4 is 0 Å². The maximum Gasteiger partial charge on any atom is 0.318 e. The molecule has 0 aromatic carbocycles. The van der Waals surface area contributed by atoms with Crippen LogP contribution in [0, 0.1) is 11.3 Å². The summed E-state index contributed by atoms with van der Waals surface area (Å²) in [6.45, 7) is 5.13. The van der Waals surface area contributed by atoms with Crippen LogP contribution in [0.25, 0.3) is 0 Å². The number of rotatable bonds is 3. The maximum atomic E-state index is 12.0. The van der Waals surface area contributed by atoms with Crippen molar-refractivity contribution in [2.75, 3.05) is 20.3 Å². The molecule has 92 valence electrons. The summed E-state index contributed by atoms with van der Waals surface area (Å²) >= 11 is 5.62. The lowest BCUT2D eigenvalue weighted by molar-refractivity contribution is -0.151. The first kappa shape index (κ1) is 14.4. The van der Waals surface area contributed by atoms with Gasteiger partial charge in [-0.25, -0.2) is 0 Å². The van der Waals surface area contributed by atoms with E-state index in [1.54, 1.807) is 0 Å². The summed E-state index contributed by atoms with van der Waals surface area (Å²) in [6.07, 6.45) is 0.757. The molecule has 1 heterocycles. The highest BCUT2D eigenvalue weighted by atomic mass is 127. The lowest BCUT2D eigenvalue weighted by Gasteiger charge is -2.28. The normalized spacial score (nSPS) is 28.4. The van der Waals surface area contributed by atoms with E-state index in [9.17, 15) is 4.79 Å². The van der Waals surface area contributed by atoms with Gasteiger partial charge >= 0.3 is 5.97 Å². The first-order valence-corrected chi connectivity index (χ1v) is 7.02. The Labute approximate surface area is 118 Å². The second-order valence-electron chi connectivity index (χ2n) is 4.40. The van der Waals surface area contributed by atoms with E-state index >= 15 is 0 Å². The zero-order valence-corrected chi connectivity index (χ0v) is 13.4. The molecule has 1 unspecified atom stereocenters. The summed E-state index contributed by atoms with van der Waals surface area (Å²) in [7, 11) is 1.43. The number of hydrogen-bond donors (Lipinski definition) is 0. The number of hydrogen-bond acceptors (Lipinski definition) is 3. The third kappa shape index (κ3) is 2.79. The Balaban J connectivity index is 3.13. The van der Waals surface area contributed by atoms with E-state index in [1.807, 2.05) is 0 Å². The second-order valence-corrected chi connectivity index (χ2v) is 7.76. The van der Waals surface area contributed by atoms with Crippen LogP contribution >= 0.6 is 38.5 Å². The van der Waals surface area contributed by atoms with Crippen molar-refractivity contribution in [1.29, 1.82) is 0 Å². The molecule has 3 nitrogen and oxygen atoms in total. The van der Waals surface area contributed by atoms with Gasteiger partial charge in [-0.15, -0.1) is 0 Å². The molecule has 1 aliphatic rings. The van der Waals surface area contributed by atoms with Gasteiger partial charge in [-0.2, -0.15) is 0 Å². The molecule has 0 aromatic rings.